The van der Waals surface area contributed by atoms with Crippen LogP contribution in [0.1, 0.15) is 32.3 Å². The van der Waals surface area contributed by atoms with Gasteiger partial charge < -0.3 is 10.4 Å². The van der Waals surface area contributed by atoms with Crippen molar-refractivity contribution in [2.75, 3.05) is 0 Å². The number of hydrogen-bond acceptors (Lipinski definition) is 4. The number of pyridine rings is 1. The average Bonchev–Trinajstić information content (AvgIpc) is 2.35. The molecule has 0 aromatic carbocycles. The SMILES string of the molecule is CC(C)(CC(=O)O)CC(=O)NC(=O)NCc1ccncc1. The zero-order valence-corrected chi connectivity index (χ0v) is 12.0. The summed E-state index contributed by atoms with van der Waals surface area (Å²) >= 11 is 0. The van der Waals surface area contributed by atoms with Crippen LogP contribution < -0.4 is 10.6 Å². The highest BCUT2D eigenvalue weighted by Gasteiger charge is 2.25. The highest BCUT2D eigenvalue weighted by atomic mass is 16.4. The van der Waals surface area contributed by atoms with Crippen LogP contribution in [0.5, 0.6) is 0 Å². The van der Waals surface area contributed by atoms with Gasteiger partial charge in [-0.2, -0.15) is 0 Å². The highest BCUT2D eigenvalue weighted by molar-refractivity contribution is 5.94. The van der Waals surface area contributed by atoms with Gasteiger partial charge in [0.2, 0.25) is 5.91 Å². The zero-order valence-electron chi connectivity index (χ0n) is 12.0. The van der Waals surface area contributed by atoms with Crippen LogP contribution in [-0.2, 0) is 16.1 Å². The van der Waals surface area contributed by atoms with E-state index < -0.39 is 23.3 Å². The third-order valence-corrected chi connectivity index (χ3v) is 2.72. The number of carboxylic acid groups (broad SMARTS) is 1. The van der Waals surface area contributed by atoms with E-state index in [9.17, 15) is 14.4 Å². The van der Waals surface area contributed by atoms with Gasteiger partial charge in [-0.05, 0) is 23.1 Å². The number of nitrogens with zero attached hydrogens (tertiary/aromatic N) is 1. The molecule has 3 N–H and O–H groups in total. The fourth-order valence-electron chi connectivity index (χ4n) is 1.80. The monoisotopic (exact) mass is 293 g/mol. The standard InChI is InChI=1S/C14H19N3O4/c1-14(2,8-12(19)20)7-11(18)17-13(21)16-9-10-3-5-15-6-4-10/h3-6H,7-9H2,1-2H3,(H,19,20)(H2,16,17,18,21). The van der Waals surface area contributed by atoms with Crippen LogP contribution in [0.25, 0.3) is 0 Å². The number of carboxylic acids is 1. The Hall–Kier alpha value is -2.44. The van der Waals surface area contributed by atoms with E-state index in [4.69, 9.17) is 5.11 Å². The molecule has 0 bridgehead atoms. The predicted octanol–water partition coefficient (Wildman–Crippen LogP) is 1.30. The van der Waals surface area contributed by atoms with Gasteiger partial charge in [-0.15, -0.1) is 0 Å². The predicted molar refractivity (Wildman–Crippen MR) is 75.3 cm³/mol. The van der Waals surface area contributed by atoms with Crippen molar-refractivity contribution in [3.63, 3.8) is 0 Å². The number of carbonyl (C=O) groups excluding carboxylic acids is 2. The van der Waals surface area contributed by atoms with E-state index >= 15 is 0 Å². The molecule has 0 spiro atoms. The lowest BCUT2D eigenvalue weighted by molar-refractivity contribution is -0.139. The van der Waals surface area contributed by atoms with Gasteiger partial charge >= 0.3 is 12.0 Å². The first-order valence-electron chi connectivity index (χ1n) is 6.47. The van der Waals surface area contributed by atoms with Crippen molar-refractivity contribution in [1.82, 2.24) is 15.6 Å². The first-order chi connectivity index (χ1) is 9.78. The molecule has 1 aromatic rings. The Morgan fingerprint density at radius 2 is 1.81 bits per heavy atom. The molecule has 1 aromatic heterocycles. The van der Waals surface area contributed by atoms with Crippen molar-refractivity contribution < 1.29 is 19.5 Å². The Labute approximate surface area is 122 Å². The normalized spacial score (nSPS) is 10.8. The lowest BCUT2D eigenvalue weighted by Gasteiger charge is -2.21. The van der Waals surface area contributed by atoms with Gasteiger partial charge in [-0.25, -0.2) is 4.79 Å². The molecule has 0 unspecified atom stereocenters. The number of carbonyl (C=O) groups is 3. The number of nitrogens with one attached hydrogen (secondary N) is 2. The summed E-state index contributed by atoms with van der Waals surface area (Å²) in [7, 11) is 0. The minimum absolute atomic E-state index is 0.0397. The average molecular weight is 293 g/mol. The summed E-state index contributed by atoms with van der Waals surface area (Å²) in [6.07, 6.45) is 3.03. The van der Waals surface area contributed by atoms with Crippen LogP contribution in [-0.4, -0.2) is 28.0 Å². The first kappa shape index (κ1) is 16.6. The quantitative estimate of drug-likeness (QED) is 0.732. The topological polar surface area (TPSA) is 108 Å². The number of imide groups is 1. The molecule has 3 amide bonds. The number of aromatic nitrogens is 1. The van der Waals surface area contributed by atoms with E-state index in [1.165, 1.54) is 0 Å². The molecule has 0 fully saturated rings. The van der Waals surface area contributed by atoms with Crippen LogP contribution in [0.15, 0.2) is 24.5 Å². The third-order valence-electron chi connectivity index (χ3n) is 2.72. The molecule has 0 atom stereocenters. The lowest BCUT2D eigenvalue weighted by Crippen LogP contribution is -2.40. The largest absolute Gasteiger partial charge is 0.481 e. The van der Waals surface area contributed by atoms with Crippen LogP contribution in [0.2, 0.25) is 0 Å². The van der Waals surface area contributed by atoms with Crippen molar-refractivity contribution in [3.8, 4) is 0 Å². The fourth-order valence-corrected chi connectivity index (χ4v) is 1.80. The Kier molecular flexibility index (Phi) is 5.83. The molecule has 0 aliphatic rings. The summed E-state index contributed by atoms with van der Waals surface area (Å²) in [5, 5.41) is 13.5. The first-order valence-corrected chi connectivity index (χ1v) is 6.47. The van der Waals surface area contributed by atoms with E-state index in [1.54, 1.807) is 38.4 Å². The Balaban J connectivity index is 2.37. The Bertz CT molecular complexity index is 514. The van der Waals surface area contributed by atoms with Gasteiger partial charge in [0.15, 0.2) is 0 Å². The third kappa shape index (κ3) is 7.05. The molecule has 7 heteroatoms. The van der Waals surface area contributed by atoms with Gasteiger partial charge in [-0.3, -0.25) is 19.9 Å². The van der Waals surface area contributed by atoms with E-state index in [2.05, 4.69) is 15.6 Å². The van der Waals surface area contributed by atoms with Gasteiger partial charge in [0.05, 0.1) is 6.42 Å². The molecule has 0 saturated carbocycles. The Morgan fingerprint density at radius 3 is 2.38 bits per heavy atom. The molecule has 0 aliphatic carbocycles. The van der Waals surface area contributed by atoms with Crippen molar-refractivity contribution in [1.29, 1.82) is 0 Å². The minimum atomic E-state index is -0.977. The molecular weight excluding hydrogens is 274 g/mol. The van der Waals surface area contributed by atoms with E-state index in [0.717, 1.165) is 5.56 Å². The van der Waals surface area contributed by atoms with E-state index in [0.29, 0.717) is 0 Å². The second kappa shape index (κ2) is 7.37. The van der Waals surface area contributed by atoms with Gasteiger partial charge in [-0.1, -0.05) is 13.8 Å². The smallest absolute Gasteiger partial charge is 0.321 e. The highest BCUT2D eigenvalue weighted by Crippen LogP contribution is 2.24. The lowest BCUT2D eigenvalue weighted by atomic mass is 9.85. The molecule has 21 heavy (non-hydrogen) atoms. The summed E-state index contributed by atoms with van der Waals surface area (Å²) in [4.78, 5) is 37.8. The maximum absolute atomic E-state index is 11.7. The van der Waals surface area contributed by atoms with Crippen LogP contribution in [0.4, 0.5) is 4.79 Å². The number of amides is 3. The van der Waals surface area contributed by atoms with Gasteiger partial charge in [0, 0.05) is 25.4 Å². The number of hydrogen-bond donors (Lipinski definition) is 3. The molecule has 7 nitrogen and oxygen atoms in total. The van der Waals surface area contributed by atoms with Crippen molar-refractivity contribution in [3.05, 3.63) is 30.1 Å². The van der Waals surface area contributed by atoms with Gasteiger partial charge in [0.1, 0.15) is 0 Å². The van der Waals surface area contributed by atoms with Crippen molar-refractivity contribution in [2.45, 2.75) is 33.2 Å². The summed E-state index contributed by atoms with van der Waals surface area (Å²) < 4.78 is 0. The number of aliphatic carboxylic acids is 1. The van der Waals surface area contributed by atoms with Crippen molar-refractivity contribution in [2.24, 2.45) is 5.41 Å². The molecule has 0 radical (unpaired) electrons. The summed E-state index contributed by atoms with van der Waals surface area (Å²) in [5.74, 6) is -1.48. The molecule has 0 saturated heterocycles. The summed E-state index contributed by atoms with van der Waals surface area (Å²) in [5.41, 5.74) is 0.153. The van der Waals surface area contributed by atoms with Crippen molar-refractivity contribution >= 4 is 17.9 Å². The second-order valence-electron chi connectivity index (χ2n) is 5.50. The Morgan fingerprint density at radius 1 is 1.19 bits per heavy atom. The van der Waals surface area contributed by atoms with E-state index in [-0.39, 0.29) is 19.4 Å². The minimum Gasteiger partial charge on any atom is -0.481 e. The van der Waals surface area contributed by atoms with Gasteiger partial charge in [0.25, 0.3) is 0 Å². The molecular formula is C14H19N3O4. The fraction of sp³-hybridized carbons (Fsp3) is 0.429. The van der Waals surface area contributed by atoms with Crippen LogP contribution >= 0.6 is 0 Å². The maximum atomic E-state index is 11.7. The van der Waals surface area contributed by atoms with Crippen LogP contribution in [0.3, 0.4) is 0 Å². The van der Waals surface area contributed by atoms with E-state index in [1.807, 2.05) is 0 Å². The molecule has 1 rings (SSSR count). The molecule has 114 valence electrons. The zero-order chi connectivity index (χ0) is 15.9. The number of rotatable bonds is 6. The summed E-state index contributed by atoms with van der Waals surface area (Å²) in [6.45, 7) is 3.60. The summed E-state index contributed by atoms with van der Waals surface area (Å²) in [6, 6.07) is 2.89. The maximum Gasteiger partial charge on any atom is 0.321 e. The number of urea groups is 1. The van der Waals surface area contributed by atoms with Crippen LogP contribution in [0, 0.1) is 5.41 Å². The molecule has 1 heterocycles. The second-order valence-corrected chi connectivity index (χ2v) is 5.50. The molecule has 0 aliphatic heterocycles.